The van der Waals surface area contributed by atoms with Gasteiger partial charge in [0.25, 0.3) is 10.1 Å². The zero-order valence-corrected chi connectivity index (χ0v) is 20.2. The minimum atomic E-state index is -4.29. The number of hydrogen-bond acceptors (Lipinski definition) is 4. The molecule has 0 aliphatic carbocycles. The van der Waals surface area contributed by atoms with Crippen LogP contribution in [0.4, 0.5) is 0 Å². The summed E-state index contributed by atoms with van der Waals surface area (Å²) in [4.78, 5) is 0.165. The largest absolute Gasteiger partial charge is 0.295 e. The van der Waals surface area contributed by atoms with Gasteiger partial charge in [0.05, 0.1) is 4.90 Å². The molecule has 35 heavy (non-hydrogen) atoms. The predicted molar refractivity (Wildman–Crippen MR) is 141 cm³/mol. The lowest BCUT2D eigenvalue weighted by molar-refractivity contribution is 0.483. The Morgan fingerprint density at radius 3 is 1.54 bits per heavy atom. The van der Waals surface area contributed by atoms with E-state index in [4.69, 9.17) is 0 Å². The molecule has 176 valence electrons. The summed E-state index contributed by atoms with van der Waals surface area (Å²) >= 11 is 0. The van der Waals surface area contributed by atoms with E-state index in [9.17, 15) is 21.4 Å². The molecule has 0 amide bonds. The third kappa shape index (κ3) is 6.22. The van der Waals surface area contributed by atoms with Crippen LogP contribution in [0.15, 0.2) is 107 Å². The molecule has 0 atom stereocenters. The molecule has 0 saturated carbocycles. The third-order valence-corrected chi connectivity index (χ3v) is 7.12. The second kappa shape index (κ2) is 10.7. The molecule has 0 heterocycles. The highest BCUT2D eigenvalue weighted by molar-refractivity contribution is 7.86. The van der Waals surface area contributed by atoms with Crippen molar-refractivity contribution in [3.63, 3.8) is 0 Å². The van der Waals surface area contributed by atoms with E-state index in [2.05, 4.69) is 0 Å². The van der Waals surface area contributed by atoms with Crippen LogP contribution in [-0.2, 0) is 20.8 Å². The van der Waals surface area contributed by atoms with Gasteiger partial charge in [-0.2, -0.15) is 8.42 Å². The summed E-state index contributed by atoms with van der Waals surface area (Å²) in [6.07, 6.45) is 7.10. The van der Waals surface area contributed by atoms with Crippen LogP contribution < -0.4 is 0 Å². The van der Waals surface area contributed by atoms with Gasteiger partial charge in [-0.3, -0.25) is 4.55 Å². The van der Waals surface area contributed by atoms with Gasteiger partial charge in [-0.25, -0.2) is 8.42 Å². The maximum atomic E-state index is 11.5. The predicted octanol–water partition coefficient (Wildman–Crippen LogP) is 5.91. The SMILES string of the molecule is O=[SH](=O)c1ccccc1/C=C/c1ccc(-c2ccc(/C=C/c3ccccc3S(=O)(=O)O)cc2)cc1. The monoisotopic (exact) mass is 502 g/mol. The van der Waals surface area contributed by atoms with E-state index >= 15 is 0 Å². The number of benzene rings is 4. The van der Waals surface area contributed by atoms with Gasteiger partial charge >= 0.3 is 0 Å². The normalized spacial score (nSPS) is 12.1. The highest BCUT2D eigenvalue weighted by Crippen LogP contribution is 2.23. The molecular weight excluding hydrogens is 480 g/mol. The van der Waals surface area contributed by atoms with E-state index in [0.29, 0.717) is 16.0 Å². The van der Waals surface area contributed by atoms with Gasteiger partial charge < -0.3 is 0 Å². The Labute approximate surface area is 206 Å². The Hall–Kier alpha value is -3.78. The first-order valence-corrected chi connectivity index (χ1v) is 13.3. The maximum absolute atomic E-state index is 11.5. The Morgan fingerprint density at radius 1 is 0.571 bits per heavy atom. The fourth-order valence-electron chi connectivity index (χ4n) is 3.59. The molecule has 0 radical (unpaired) electrons. The lowest BCUT2D eigenvalue weighted by atomic mass is 10.0. The molecule has 0 aliphatic heterocycles. The van der Waals surface area contributed by atoms with Crippen LogP contribution >= 0.6 is 0 Å². The molecule has 0 aliphatic rings. The molecular formula is C28H22O5S2. The van der Waals surface area contributed by atoms with E-state index < -0.39 is 20.8 Å². The molecule has 0 spiro atoms. The van der Waals surface area contributed by atoms with Crippen molar-refractivity contribution in [2.75, 3.05) is 0 Å². The molecule has 1 N–H and O–H groups in total. The lowest BCUT2D eigenvalue weighted by Crippen LogP contribution is -2.00. The summed E-state index contributed by atoms with van der Waals surface area (Å²) in [7, 11) is -6.95. The van der Waals surface area contributed by atoms with Crippen LogP contribution in [0.2, 0.25) is 0 Å². The molecule has 0 fully saturated rings. The fraction of sp³-hybridized carbons (Fsp3) is 0. The molecule has 4 aromatic rings. The van der Waals surface area contributed by atoms with Crippen LogP contribution in [0, 0.1) is 0 Å². The second-order valence-corrected chi connectivity index (χ2v) is 10.1. The van der Waals surface area contributed by atoms with Gasteiger partial charge in [0.1, 0.15) is 4.90 Å². The topological polar surface area (TPSA) is 88.5 Å². The number of hydrogen-bond donors (Lipinski definition) is 2. The van der Waals surface area contributed by atoms with Crippen molar-refractivity contribution in [3.8, 4) is 11.1 Å². The standard InChI is InChI=1S/C28H22O5S2/c29-34(30)27-7-3-1-5-25(27)19-13-21-9-15-23(16-10-21)24-17-11-22(12-18-24)14-20-26-6-2-4-8-28(26)35(31,32)33/h1-20,34H,(H,31,32,33)/b19-13+,20-14+. The first-order chi connectivity index (χ1) is 16.8. The van der Waals surface area contributed by atoms with Crippen molar-refractivity contribution >= 4 is 45.1 Å². The van der Waals surface area contributed by atoms with E-state index in [0.717, 1.165) is 22.3 Å². The average molecular weight is 503 g/mol. The van der Waals surface area contributed by atoms with Gasteiger partial charge in [-0.1, -0.05) is 109 Å². The second-order valence-electron chi connectivity index (χ2n) is 7.74. The smallest absolute Gasteiger partial charge is 0.282 e. The molecule has 5 nitrogen and oxygen atoms in total. The van der Waals surface area contributed by atoms with Crippen molar-refractivity contribution < 1.29 is 21.4 Å². The quantitative estimate of drug-likeness (QED) is 0.186. The maximum Gasteiger partial charge on any atom is 0.295 e. The van der Waals surface area contributed by atoms with Crippen molar-refractivity contribution in [1.82, 2.24) is 0 Å². The molecule has 0 bridgehead atoms. The summed E-state index contributed by atoms with van der Waals surface area (Å²) < 4.78 is 55.2. The molecule has 0 unspecified atom stereocenters. The van der Waals surface area contributed by atoms with Crippen LogP contribution in [0.1, 0.15) is 22.3 Å². The molecule has 4 aromatic carbocycles. The summed E-state index contributed by atoms with van der Waals surface area (Å²) in [6.45, 7) is 0. The minimum absolute atomic E-state index is 0.132. The van der Waals surface area contributed by atoms with Crippen molar-refractivity contribution in [2.45, 2.75) is 9.79 Å². The highest BCUT2D eigenvalue weighted by Gasteiger charge is 2.12. The Balaban J connectivity index is 1.49. The zero-order chi connectivity index (χ0) is 24.8. The van der Waals surface area contributed by atoms with Crippen molar-refractivity contribution in [3.05, 3.63) is 119 Å². The van der Waals surface area contributed by atoms with E-state index in [1.807, 2.05) is 54.6 Å². The van der Waals surface area contributed by atoms with E-state index in [1.54, 1.807) is 60.7 Å². The summed E-state index contributed by atoms with van der Waals surface area (Å²) in [5.41, 5.74) is 4.93. The third-order valence-electron chi connectivity index (χ3n) is 5.40. The lowest BCUT2D eigenvalue weighted by Gasteiger charge is -2.04. The molecule has 0 saturated heterocycles. The van der Waals surface area contributed by atoms with Gasteiger partial charge in [0, 0.05) is 0 Å². The van der Waals surface area contributed by atoms with Crippen LogP contribution in [0.3, 0.4) is 0 Å². The average Bonchev–Trinajstić information content (AvgIpc) is 2.86. The van der Waals surface area contributed by atoms with Gasteiger partial charge in [0.15, 0.2) is 10.7 Å². The van der Waals surface area contributed by atoms with Gasteiger partial charge in [0.2, 0.25) is 0 Å². The zero-order valence-electron chi connectivity index (χ0n) is 18.5. The summed E-state index contributed by atoms with van der Waals surface area (Å²) in [6, 6.07) is 28.8. The summed E-state index contributed by atoms with van der Waals surface area (Å²) in [5, 5.41) is 0. The van der Waals surface area contributed by atoms with Crippen molar-refractivity contribution in [1.29, 1.82) is 0 Å². The van der Waals surface area contributed by atoms with Crippen LogP contribution in [0.25, 0.3) is 35.4 Å². The number of thiol groups is 1. The van der Waals surface area contributed by atoms with E-state index in [1.165, 1.54) is 6.07 Å². The molecule has 0 aromatic heterocycles. The Morgan fingerprint density at radius 2 is 1.03 bits per heavy atom. The molecule has 7 heteroatoms. The Bertz CT molecular complexity index is 1570. The van der Waals surface area contributed by atoms with Gasteiger partial charge in [-0.05, 0) is 45.5 Å². The van der Waals surface area contributed by atoms with E-state index in [-0.39, 0.29) is 4.90 Å². The first kappa shape index (κ1) is 24.3. The van der Waals surface area contributed by atoms with Crippen molar-refractivity contribution in [2.24, 2.45) is 0 Å². The van der Waals surface area contributed by atoms with Gasteiger partial charge in [-0.15, -0.1) is 0 Å². The summed E-state index contributed by atoms with van der Waals surface area (Å²) in [5.74, 6) is 0. The minimum Gasteiger partial charge on any atom is -0.282 e. The van der Waals surface area contributed by atoms with Crippen LogP contribution in [-0.4, -0.2) is 21.4 Å². The highest BCUT2D eigenvalue weighted by atomic mass is 32.2. The number of rotatable bonds is 7. The fourth-order valence-corrected chi connectivity index (χ4v) is 4.85. The first-order valence-electron chi connectivity index (χ1n) is 10.7. The molecule has 4 rings (SSSR count). The van der Waals surface area contributed by atoms with Crippen LogP contribution in [0.5, 0.6) is 0 Å². The Kier molecular flexibility index (Phi) is 7.41.